The van der Waals surface area contributed by atoms with Crippen molar-refractivity contribution in [2.45, 2.75) is 51.1 Å². The molecule has 1 aliphatic carbocycles. The van der Waals surface area contributed by atoms with Crippen molar-refractivity contribution in [1.82, 2.24) is 15.6 Å². The topological polar surface area (TPSA) is 91.3 Å². The van der Waals surface area contributed by atoms with Crippen LogP contribution >= 0.6 is 11.3 Å². The highest BCUT2D eigenvalue weighted by molar-refractivity contribution is 7.09. The van der Waals surface area contributed by atoms with Gasteiger partial charge in [0.05, 0.1) is 6.54 Å². The zero-order valence-electron chi connectivity index (χ0n) is 11.4. The molecule has 1 aromatic heterocycles. The summed E-state index contributed by atoms with van der Waals surface area (Å²) in [5.74, 6) is -1.05. The first-order valence-corrected chi connectivity index (χ1v) is 7.60. The Morgan fingerprint density at radius 3 is 2.70 bits per heavy atom. The summed E-state index contributed by atoms with van der Waals surface area (Å²) in [6, 6.07) is -0.221. The minimum atomic E-state index is -1.05. The number of nitrogens with zero attached hydrogens (tertiary/aromatic N) is 1. The highest BCUT2D eigenvalue weighted by Gasteiger charge is 2.28. The molecule has 1 saturated carbocycles. The van der Waals surface area contributed by atoms with Gasteiger partial charge in [-0.05, 0) is 19.8 Å². The smallest absolute Gasteiger partial charge is 0.355 e. The molecule has 3 N–H and O–H groups in total. The number of hydrogen-bond acceptors (Lipinski definition) is 4. The highest BCUT2D eigenvalue weighted by atomic mass is 32.1. The third-order valence-electron chi connectivity index (χ3n) is 3.54. The van der Waals surface area contributed by atoms with Crippen LogP contribution in [0, 0.1) is 0 Å². The van der Waals surface area contributed by atoms with E-state index in [0.29, 0.717) is 5.01 Å². The number of aromatic carboxylic acids is 1. The fraction of sp³-hybridized carbons (Fsp3) is 0.615. The largest absolute Gasteiger partial charge is 0.476 e. The van der Waals surface area contributed by atoms with Crippen LogP contribution in [0.2, 0.25) is 0 Å². The number of hydrogen-bond donors (Lipinski definition) is 3. The maximum atomic E-state index is 11.9. The van der Waals surface area contributed by atoms with Gasteiger partial charge in [0.2, 0.25) is 0 Å². The fourth-order valence-electron chi connectivity index (χ4n) is 2.42. The normalized spacial score (nSPS) is 17.4. The Kier molecular flexibility index (Phi) is 4.59. The first-order chi connectivity index (χ1) is 9.48. The molecule has 110 valence electrons. The van der Waals surface area contributed by atoms with E-state index in [1.165, 1.54) is 23.1 Å². The highest BCUT2D eigenvalue weighted by Crippen LogP contribution is 2.27. The van der Waals surface area contributed by atoms with Crippen LogP contribution in [0.1, 0.15) is 54.5 Å². The molecule has 1 aromatic rings. The van der Waals surface area contributed by atoms with Crippen LogP contribution in [-0.4, -0.2) is 27.6 Å². The van der Waals surface area contributed by atoms with E-state index < -0.39 is 5.97 Å². The molecule has 1 fully saturated rings. The van der Waals surface area contributed by atoms with E-state index in [1.807, 2.05) is 0 Å². The van der Waals surface area contributed by atoms with Crippen LogP contribution in [-0.2, 0) is 6.54 Å². The third-order valence-corrected chi connectivity index (χ3v) is 4.39. The van der Waals surface area contributed by atoms with Crippen LogP contribution in [0.15, 0.2) is 5.38 Å². The van der Waals surface area contributed by atoms with Gasteiger partial charge in [-0.2, -0.15) is 0 Å². The van der Waals surface area contributed by atoms with Gasteiger partial charge in [-0.15, -0.1) is 11.3 Å². The van der Waals surface area contributed by atoms with E-state index in [9.17, 15) is 9.59 Å². The van der Waals surface area contributed by atoms with Crippen molar-refractivity contribution in [1.29, 1.82) is 0 Å². The average Bonchev–Trinajstić information content (AvgIpc) is 2.85. The molecule has 0 aromatic carbocycles. The van der Waals surface area contributed by atoms with Crippen molar-refractivity contribution in [2.24, 2.45) is 0 Å². The standard InChI is InChI=1S/C13H19N3O3S/c1-13(5-3-2-4-6-13)16-12(19)14-7-10-15-9(8-20-10)11(17)18/h8H,2-7H2,1H3,(H,17,18)(H2,14,16,19). The molecule has 0 atom stereocenters. The van der Waals surface area contributed by atoms with Gasteiger partial charge in [0.15, 0.2) is 5.69 Å². The van der Waals surface area contributed by atoms with E-state index in [1.54, 1.807) is 0 Å². The molecule has 0 saturated heterocycles. The van der Waals surface area contributed by atoms with Gasteiger partial charge in [0.1, 0.15) is 5.01 Å². The molecule has 1 aliphatic rings. The van der Waals surface area contributed by atoms with Crippen molar-refractivity contribution >= 4 is 23.3 Å². The SMILES string of the molecule is CC1(NC(=O)NCc2nc(C(=O)O)cs2)CCCCC1. The molecule has 2 amide bonds. The molecule has 1 heterocycles. The fourth-order valence-corrected chi connectivity index (χ4v) is 3.13. The lowest BCUT2D eigenvalue weighted by Crippen LogP contribution is -2.50. The van der Waals surface area contributed by atoms with E-state index in [4.69, 9.17) is 5.11 Å². The Morgan fingerprint density at radius 2 is 2.10 bits per heavy atom. The Labute approximate surface area is 121 Å². The van der Waals surface area contributed by atoms with Gasteiger partial charge in [-0.1, -0.05) is 19.3 Å². The molecule has 0 bridgehead atoms. The second-order valence-electron chi connectivity index (χ2n) is 5.36. The van der Waals surface area contributed by atoms with Crippen molar-refractivity contribution in [2.75, 3.05) is 0 Å². The minimum Gasteiger partial charge on any atom is -0.476 e. The number of carboxylic acids is 1. The molecule has 0 aliphatic heterocycles. The van der Waals surface area contributed by atoms with Gasteiger partial charge >= 0.3 is 12.0 Å². The first-order valence-electron chi connectivity index (χ1n) is 6.72. The summed E-state index contributed by atoms with van der Waals surface area (Å²) in [6.07, 6.45) is 5.52. The number of urea groups is 1. The van der Waals surface area contributed by atoms with Crippen LogP contribution in [0.25, 0.3) is 0 Å². The number of carboxylic acid groups (broad SMARTS) is 1. The second-order valence-corrected chi connectivity index (χ2v) is 6.30. The Hall–Kier alpha value is -1.63. The zero-order chi connectivity index (χ0) is 14.6. The summed E-state index contributed by atoms with van der Waals surface area (Å²) in [4.78, 5) is 26.5. The predicted molar refractivity (Wildman–Crippen MR) is 75.9 cm³/mol. The van der Waals surface area contributed by atoms with Crippen molar-refractivity contribution in [3.63, 3.8) is 0 Å². The molecule has 6 nitrogen and oxygen atoms in total. The molecule has 7 heteroatoms. The molecule has 0 radical (unpaired) electrons. The monoisotopic (exact) mass is 297 g/mol. The van der Waals surface area contributed by atoms with Crippen molar-refractivity contribution < 1.29 is 14.7 Å². The summed E-state index contributed by atoms with van der Waals surface area (Å²) in [6.45, 7) is 2.32. The lowest BCUT2D eigenvalue weighted by molar-refractivity contribution is 0.0691. The number of nitrogens with one attached hydrogen (secondary N) is 2. The van der Waals surface area contributed by atoms with E-state index >= 15 is 0 Å². The summed E-state index contributed by atoms with van der Waals surface area (Å²) >= 11 is 1.23. The minimum absolute atomic E-state index is 0.0199. The maximum absolute atomic E-state index is 11.9. The second kappa shape index (κ2) is 6.21. The third kappa shape index (κ3) is 3.93. The Bertz CT molecular complexity index is 495. The van der Waals surface area contributed by atoms with Gasteiger partial charge in [0, 0.05) is 10.9 Å². The summed E-state index contributed by atoms with van der Waals surface area (Å²) in [5.41, 5.74) is -0.108. The zero-order valence-corrected chi connectivity index (χ0v) is 12.3. The van der Waals surface area contributed by atoms with E-state index in [0.717, 1.165) is 25.7 Å². The summed E-state index contributed by atoms with van der Waals surface area (Å²) < 4.78 is 0. The summed E-state index contributed by atoms with van der Waals surface area (Å²) in [5, 5.41) is 16.6. The maximum Gasteiger partial charge on any atom is 0.355 e. The lowest BCUT2D eigenvalue weighted by atomic mass is 9.83. The number of amides is 2. The van der Waals surface area contributed by atoms with Crippen LogP contribution < -0.4 is 10.6 Å². The number of carbonyl (C=O) groups is 2. The molecular weight excluding hydrogens is 278 g/mol. The summed E-state index contributed by atoms with van der Waals surface area (Å²) in [7, 11) is 0. The van der Waals surface area contributed by atoms with E-state index in [2.05, 4.69) is 22.5 Å². The van der Waals surface area contributed by atoms with Crippen molar-refractivity contribution in [3.8, 4) is 0 Å². The molecule has 20 heavy (non-hydrogen) atoms. The van der Waals surface area contributed by atoms with Gasteiger partial charge < -0.3 is 15.7 Å². The molecule has 0 unspecified atom stereocenters. The lowest BCUT2D eigenvalue weighted by Gasteiger charge is -2.34. The Balaban J connectivity index is 1.80. The van der Waals surface area contributed by atoms with Gasteiger partial charge in [-0.25, -0.2) is 14.6 Å². The number of aromatic nitrogens is 1. The number of thiazole rings is 1. The van der Waals surface area contributed by atoms with Gasteiger partial charge in [-0.3, -0.25) is 0 Å². The molecular formula is C13H19N3O3S. The number of rotatable bonds is 4. The van der Waals surface area contributed by atoms with E-state index in [-0.39, 0.29) is 23.8 Å². The molecule has 2 rings (SSSR count). The van der Waals surface area contributed by atoms with Gasteiger partial charge in [0.25, 0.3) is 0 Å². The number of carbonyl (C=O) groups excluding carboxylic acids is 1. The Morgan fingerprint density at radius 1 is 1.40 bits per heavy atom. The van der Waals surface area contributed by atoms with Crippen LogP contribution in [0.3, 0.4) is 0 Å². The first kappa shape index (κ1) is 14.8. The predicted octanol–water partition coefficient (Wildman–Crippen LogP) is 2.36. The quantitative estimate of drug-likeness (QED) is 0.795. The average molecular weight is 297 g/mol. The van der Waals surface area contributed by atoms with Crippen LogP contribution in [0.4, 0.5) is 4.79 Å². The van der Waals surface area contributed by atoms with Crippen molar-refractivity contribution in [3.05, 3.63) is 16.1 Å². The van der Waals surface area contributed by atoms with Crippen LogP contribution in [0.5, 0.6) is 0 Å². The molecule has 0 spiro atoms.